The number of aromatic nitrogens is 4. The van der Waals surface area contributed by atoms with E-state index in [1.807, 2.05) is 0 Å². The fourth-order valence-electron chi connectivity index (χ4n) is 4.24. The third-order valence-corrected chi connectivity index (χ3v) is 9.31. The summed E-state index contributed by atoms with van der Waals surface area (Å²) >= 11 is 19.2. The molecule has 0 bridgehead atoms. The van der Waals surface area contributed by atoms with Gasteiger partial charge >= 0.3 is 6.18 Å². The highest BCUT2D eigenvalue weighted by Gasteiger charge is 2.61. The summed E-state index contributed by atoms with van der Waals surface area (Å²) in [6.07, 6.45) is -3.31. The fourth-order valence-corrected chi connectivity index (χ4v) is 7.07. The average Bonchev–Trinajstić information content (AvgIpc) is 3.38. The molecule has 1 aliphatic rings. The van der Waals surface area contributed by atoms with Crippen molar-refractivity contribution in [2.75, 3.05) is 6.26 Å². The molecule has 0 aliphatic heterocycles. The summed E-state index contributed by atoms with van der Waals surface area (Å²) in [5.74, 6) is 0. The maximum absolute atomic E-state index is 13.9. The molecule has 5 rings (SSSR count). The van der Waals surface area contributed by atoms with Crippen molar-refractivity contribution in [1.29, 1.82) is 0 Å². The molecule has 1 aliphatic carbocycles. The van der Waals surface area contributed by atoms with E-state index in [9.17, 15) is 21.6 Å². The van der Waals surface area contributed by atoms with Crippen molar-refractivity contribution in [2.24, 2.45) is 0 Å². The molecule has 194 valence electrons. The van der Waals surface area contributed by atoms with Crippen LogP contribution < -0.4 is 0 Å². The van der Waals surface area contributed by atoms with Gasteiger partial charge in [-0.25, -0.2) is 13.1 Å². The maximum atomic E-state index is 13.9. The zero-order valence-corrected chi connectivity index (χ0v) is 22.8. The Morgan fingerprint density at radius 1 is 1.00 bits per heavy atom. The Balaban J connectivity index is 1.80. The van der Waals surface area contributed by atoms with Crippen molar-refractivity contribution in [1.82, 2.24) is 20.0 Å². The molecule has 2 aromatic heterocycles. The quantitative estimate of drug-likeness (QED) is 0.236. The summed E-state index contributed by atoms with van der Waals surface area (Å²) in [6.45, 7) is 0. The van der Waals surface area contributed by atoms with Gasteiger partial charge in [0, 0.05) is 21.9 Å². The van der Waals surface area contributed by atoms with Crippen molar-refractivity contribution >= 4 is 56.0 Å². The number of hydrogen-bond acceptors (Lipinski definition) is 6. The number of alkyl halides is 3. The minimum atomic E-state index is -4.51. The Hall–Kier alpha value is -2.18. The SMILES string of the molecule is CS(=O)(=O)c1c(-c2nnc(C3(C(F)(F)F)CCC3)s2)nn(-c2ccc(Cl)cc2Cl)c1-c1ccc(Cl)cc1. The fraction of sp³-hybridized carbons (Fsp3) is 0.261. The summed E-state index contributed by atoms with van der Waals surface area (Å²) in [4.78, 5) is -0.224. The van der Waals surface area contributed by atoms with E-state index in [1.54, 1.807) is 36.4 Å². The van der Waals surface area contributed by atoms with Gasteiger partial charge in [0.15, 0.2) is 14.8 Å². The van der Waals surface area contributed by atoms with Crippen LogP contribution in [0, 0.1) is 0 Å². The predicted molar refractivity (Wildman–Crippen MR) is 138 cm³/mol. The van der Waals surface area contributed by atoms with Crippen molar-refractivity contribution in [3.05, 3.63) is 62.5 Å². The first-order valence-corrected chi connectivity index (χ1v) is 14.6. The summed E-state index contributed by atoms with van der Waals surface area (Å²) in [7, 11) is -3.99. The lowest BCUT2D eigenvalue weighted by Gasteiger charge is -2.40. The van der Waals surface area contributed by atoms with Crippen LogP contribution in [-0.4, -0.2) is 40.8 Å². The molecule has 0 atom stereocenters. The Morgan fingerprint density at radius 3 is 2.19 bits per heavy atom. The van der Waals surface area contributed by atoms with Crippen LogP contribution in [0.15, 0.2) is 47.4 Å². The second-order valence-corrected chi connectivity index (χ2v) is 12.9. The van der Waals surface area contributed by atoms with Crippen LogP contribution in [0.3, 0.4) is 0 Å². The highest BCUT2D eigenvalue weighted by molar-refractivity contribution is 7.91. The molecule has 1 saturated carbocycles. The number of sulfone groups is 1. The predicted octanol–water partition coefficient (Wildman–Crippen LogP) is 7.41. The molecule has 1 fully saturated rings. The van der Waals surface area contributed by atoms with Gasteiger partial charge in [-0.1, -0.05) is 64.7 Å². The zero-order valence-electron chi connectivity index (χ0n) is 18.9. The first-order valence-electron chi connectivity index (χ1n) is 10.8. The summed E-state index contributed by atoms with van der Waals surface area (Å²) < 4.78 is 69.4. The third-order valence-electron chi connectivity index (χ3n) is 6.26. The Morgan fingerprint density at radius 2 is 1.65 bits per heavy atom. The third kappa shape index (κ3) is 4.54. The van der Waals surface area contributed by atoms with Crippen LogP contribution >= 0.6 is 46.1 Å². The van der Waals surface area contributed by atoms with E-state index in [1.165, 1.54) is 10.7 Å². The molecular weight excluding hydrogens is 592 g/mol. The number of hydrogen-bond donors (Lipinski definition) is 0. The molecular formula is C23H16Cl3F3N4O2S2. The number of nitrogens with zero attached hydrogens (tertiary/aromatic N) is 4. The van der Waals surface area contributed by atoms with Gasteiger partial charge < -0.3 is 0 Å². The van der Waals surface area contributed by atoms with Gasteiger partial charge in [-0.2, -0.15) is 18.3 Å². The summed E-state index contributed by atoms with van der Waals surface area (Å²) in [5, 5.41) is 13.0. The Labute approximate surface area is 228 Å². The zero-order chi connectivity index (χ0) is 26.8. The lowest BCUT2D eigenvalue weighted by atomic mass is 9.68. The topological polar surface area (TPSA) is 77.7 Å². The van der Waals surface area contributed by atoms with Gasteiger partial charge in [-0.05, 0) is 43.2 Å². The molecule has 2 heterocycles. The number of halogens is 6. The van der Waals surface area contributed by atoms with Crippen LogP contribution in [0.2, 0.25) is 15.1 Å². The van der Waals surface area contributed by atoms with Crippen LogP contribution in [0.5, 0.6) is 0 Å². The Kier molecular flexibility index (Phi) is 6.59. The van der Waals surface area contributed by atoms with Crippen LogP contribution in [-0.2, 0) is 15.3 Å². The first-order chi connectivity index (χ1) is 17.3. The lowest BCUT2D eigenvalue weighted by molar-refractivity contribution is -0.212. The molecule has 4 aromatic rings. The van der Waals surface area contributed by atoms with Crippen LogP contribution in [0.4, 0.5) is 13.2 Å². The van der Waals surface area contributed by atoms with Gasteiger partial charge in [0.05, 0.1) is 16.4 Å². The van der Waals surface area contributed by atoms with Crippen molar-refractivity contribution in [3.8, 4) is 27.6 Å². The molecule has 0 saturated heterocycles. The normalized spacial score (nSPS) is 15.5. The van der Waals surface area contributed by atoms with E-state index in [0.717, 1.165) is 6.26 Å². The molecule has 0 radical (unpaired) electrons. The van der Waals surface area contributed by atoms with E-state index in [2.05, 4.69) is 15.3 Å². The van der Waals surface area contributed by atoms with E-state index < -0.39 is 21.4 Å². The molecule has 2 aromatic carbocycles. The van der Waals surface area contributed by atoms with Crippen LogP contribution in [0.1, 0.15) is 24.3 Å². The van der Waals surface area contributed by atoms with Gasteiger partial charge in [0.1, 0.15) is 21.0 Å². The number of rotatable bonds is 5. The van der Waals surface area contributed by atoms with Gasteiger partial charge in [-0.15, -0.1) is 10.2 Å². The first kappa shape index (κ1) is 26.4. The molecule has 14 heteroatoms. The molecule has 6 nitrogen and oxygen atoms in total. The summed E-state index contributed by atoms with van der Waals surface area (Å²) in [5.41, 5.74) is -1.33. The van der Waals surface area contributed by atoms with Crippen molar-refractivity contribution in [3.63, 3.8) is 0 Å². The van der Waals surface area contributed by atoms with Crippen molar-refractivity contribution in [2.45, 2.75) is 35.7 Å². The highest BCUT2D eigenvalue weighted by Crippen LogP contribution is 2.56. The monoisotopic (exact) mass is 606 g/mol. The standard InChI is InChI=1S/C23H16Cl3F3N4O2S2/c1-37(34,35)19-17(20-30-31-21(36-20)22(9-2-10-22)23(27,28)29)32-33(16-8-7-14(25)11-15(16)26)18(19)12-3-5-13(24)6-4-12/h3-8,11H,2,9-10H2,1H3. The van der Waals surface area contributed by atoms with E-state index in [4.69, 9.17) is 34.8 Å². The highest BCUT2D eigenvalue weighted by atomic mass is 35.5. The van der Waals surface area contributed by atoms with E-state index in [0.29, 0.717) is 39.1 Å². The summed E-state index contributed by atoms with van der Waals surface area (Å²) in [6, 6.07) is 11.0. The van der Waals surface area contributed by atoms with Crippen LogP contribution in [0.25, 0.3) is 27.6 Å². The maximum Gasteiger partial charge on any atom is 0.400 e. The number of benzene rings is 2. The second kappa shape index (κ2) is 9.23. The minimum Gasteiger partial charge on any atom is -0.229 e. The molecule has 0 unspecified atom stereocenters. The van der Waals surface area contributed by atoms with E-state index >= 15 is 0 Å². The Bertz CT molecular complexity index is 1610. The van der Waals surface area contributed by atoms with Crippen molar-refractivity contribution < 1.29 is 21.6 Å². The average molecular weight is 608 g/mol. The van der Waals surface area contributed by atoms with Gasteiger partial charge in [0.2, 0.25) is 0 Å². The van der Waals surface area contributed by atoms with E-state index in [-0.39, 0.29) is 44.2 Å². The minimum absolute atomic E-state index is 0.0509. The van der Waals surface area contributed by atoms with Gasteiger partial charge in [0.25, 0.3) is 0 Å². The van der Waals surface area contributed by atoms with Gasteiger partial charge in [-0.3, -0.25) is 0 Å². The smallest absolute Gasteiger partial charge is 0.229 e. The molecule has 0 N–H and O–H groups in total. The largest absolute Gasteiger partial charge is 0.400 e. The molecule has 0 spiro atoms. The molecule has 0 amide bonds. The lowest BCUT2D eigenvalue weighted by Crippen LogP contribution is -2.47. The molecule has 37 heavy (non-hydrogen) atoms. The second-order valence-electron chi connectivity index (χ2n) is 8.66.